The number of ether oxygens (including phenoxy) is 2. The highest BCUT2D eigenvalue weighted by Crippen LogP contribution is 2.26. The third-order valence-electron chi connectivity index (χ3n) is 2.81. The number of nitrogens with one attached hydrogen (secondary N) is 1. The topological polar surface area (TPSA) is 30.5 Å². The molecular formula is C13H19Cl2NO2. The van der Waals surface area contributed by atoms with Crippen molar-refractivity contribution in [3.8, 4) is 0 Å². The lowest BCUT2D eigenvalue weighted by Crippen LogP contribution is -2.40. The predicted octanol–water partition coefficient (Wildman–Crippen LogP) is 3.65. The molecule has 0 aromatic heterocycles. The molecule has 0 spiro atoms. The molecule has 0 saturated carbocycles. The van der Waals surface area contributed by atoms with Gasteiger partial charge in [-0.25, -0.2) is 0 Å². The van der Waals surface area contributed by atoms with Crippen LogP contribution in [0.2, 0.25) is 10.0 Å². The molecule has 0 radical (unpaired) electrons. The monoisotopic (exact) mass is 291 g/mol. The van der Waals surface area contributed by atoms with Crippen LogP contribution in [0, 0.1) is 0 Å². The maximum Gasteiger partial charge on any atom is 0.171 e. The Kier molecular flexibility index (Phi) is 6.39. The van der Waals surface area contributed by atoms with Crippen molar-refractivity contribution < 1.29 is 9.47 Å². The van der Waals surface area contributed by atoms with E-state index in [0.29, 0.717) is 10.0 Å². The minimum atomic E-state index is -0.301. The van der Waals surface area contributed by atoms with Crippen LogP contribution < -0.4 is 5.32 Å². The summed E-state index contributed by atoms with van der Waals surface area (Å²) in [7, 11) is 3.23. The third-order valence-corrected chi connectivity index (χ3v) is 3.39. The van der Waals surface area contributed by atoms with Crippen LogP contribution in [0.3, 0.4) is 0 Å². The quantitative estimate of drug-likeness (QED) is 0.812. The molecular weight excluding hydrogens is 273 g/mol. The summed E-state index contributed by atoms with van der Waals surface area (Å²) in [6.07, 6.45) is -0.301. The molecule has 0 aliphatic heterocycles. The predicted molar refractivity (Wildman–Crippen MR) is 75.3 cm³/mol. The fourth-order valence-corrected chi connectivity index (χ4v) is 2.38. The second kappa shape index (κ2) is 7.31. The summed E-state index contributed by atoms with van der Waals surface area (Å²) in [6.45, 7) is 4.02. The van der Waals surface area contributed by atoms with Crippen molar-refractivity contribution in [1.29, 1.82) is 0 Å². The fraction of sp³-hybridized carbons (Fsp3) is 0.538. The lowest BCUT2D eigenvalue weighted by atomic mass is 10.1. The van der Waals surface area contributed by atoms with Crippen LogP contribution >= 0.6 is 23.2 Å². The largest absolute Gasteiger partial charge is 0.354 e. The van der Waals surface area contributed by atoms with E-state index in [2.05, 4.69) is 5.32 Å². The van der Waals surface area contributed by atoms with Gasteiger partial charge in [0.15, 0.2) is 6.29 Å². The normalized spacial score (nSPS) is 14.8. The van der Waals surface area contributed by atoms with Gasteiger partial charge in [-0.2, -0.15) is 0 Å². The van der Waals surface area contributed by atoms with Crippen LogP contribution in [0.25, 0.3) is 0 Å². The number of benzene rings is 1. The van der Waals surface area contributed by atoms with Gasteiger partial charge in [-0.05, 0) is 37.6 Å². The first-order valence-electron chi connectivity index (χ1n) is 5.76. The third kappa shape index (κ3) is 4.11. The van der Waals surface area contributed by atoms with Crippen molar-refractivity contribution in [2.75, 3.05) is 14.2 Å². The molecule has 1 aromatic carbocycles. The van der Waals surface area contributed by atoms with E-state index in [9.17, 15) is 0 Å². The average Bonchev–Trinajstić information content (AvgIpc) is 2.33. The zero-order chi connectivity index (χ0) is 13.7. The summed E-state index contributed by atoms with van der Waals surface area (Å²) in [5.74, 6) is 0. The Morgan fingerprint density at radius 2 is 1.72 bits per heavy atom. The number of methoxy groups -OCH3 is 2. The van der Waals surface area contributed by atoms with Gasteiger partial charge in [-0.1, -0.05) is 23.2 Å². The zero-order valence-corrected chi connectivity index (χ0v) is 12.5. The lowest BCUT2D eigenvalue weighted by Gasteiger charge is -2.26. The second-order valence-electron chi connectivity index (χ2n) is 4.18. The summed E-state index contributed by atoms with van der Waals surface area (Å²) >= 11 is 12.1. The lowest BCUT2D eigenvalue weighted by molar-refractivity contribution is -0.120. The van der Waals surface area contributed by atoms with Crippen molar-refractivity contribution in [3.63, 3.8) is 0 Å². The highest BCUT2D eigenvalue weighted by molar-refractivity contribution is 6.33. The fourth-order valence-electron chi connectivity index (χ4n) is 1.91. The SMILES string of the molecule is COC(OC)C(C)NC(C)c1cc(Cl)ccc1Cl. The van der Waals surface area contributed by atoms with Gasteiger partial charge < -0.3 is 14.8 Å². The Balaban J connectivity index is 2.75. The molecule has 0 aliphatic rings. The Morgan fingerprint density at radius 3 is 2.28 bits per heavy atom. The molecule has 102 valence electrons. The molecule has 18 heavy (non-hydrogen) atoms. The Hall–Kier alpha value is -0.320. The summed E-state index contributed by atoms with van der Waals surface area (Å²) < 4.78 is 10.4. The van der Waals surface area contributed by atoms with Crippen molar-refractivity contribution in [3.05, 3.63) is 33.8 Å². The van der Waals surface area contributed by atoms with Gasteiger partial charge in [0, 0.05) is 30.3 Å². The van der Waals surface area contributed by atoms with Crippen molar-refractivity contribution in [2.24, 2.45) is 0 Å². The maximum absolute atomic E-state index is 6.16. The van der Waals surface area contributed by atoms with Crippen molar-refractivity contribution in [2.45, 2.75) is 32.2 Å². The number of rotatable bonds is 6. The molecule has 0 amide bonds. The van der Waals surface area contributed by atoms with Gasteiger partial charge >= 0.3 is 0 Å². The first-order chi connectivity index (χ1) is 8.49. The van der Waals surface area contributed by atoms with Gasteiger partial charge in [0.1, 0.15) is 0 Å². The highest BCUT2D eigenvalue weighted by Gasteiger charge is 2.19. The summed E-state index contributed by atoms with van der Waals surface area (Å²) in [4.78, 5) is 0. The van der Waals surface area contributed by atoms with Gasteiger partial charge in [-0.3, -0.25) is 0 Å². The maximum atomic E-state index is 6.16. The molecule has 2 atom stereocenters. The molecule has 0 aliphatic carbocycles. The first-order valence-corrected chi connectivity index (χ1v) is 6.51. The molecule has 5 heteroatoms. The van der Waals surface area contributed by atoms with Crippen LogP contribution in [-0.4, -0.2) is 26.6 Å². The number of hydrogen-bond donors (Lipinski definition) is 1. The van der Waals surface area contributed by atoms with Crippen molar-refractivity contribution in [1.82, 2.24) is 5.32 Å². The minimum absolute atomic E-state index is 0.0325. The molecule has 3 nitrogen and oxygen atoms in total. The molecule has 0 heterocycles. The Bertz CT molecular complexity index is 383. The molecule has 0 saturated heterocycles. The second-order valence-corrected chi connectivity index (χ2v) is 5.03. The summed E-state index contributed by atoms with van der Waals surface area (Å²) in [5.41, 5.74) is 0.960. The van der Waals surface area contributed by atoms with E-state index >= 15 is 0 Å². The van der Waals surface area contributed by atoms with Crippen LogP contribution in [0.15, 0.2) is 18.2 Å². The minimum Gasteiger partial charge on any atom is -0.354 e. The molecule has 1 N–H and O–H groups in total. The van der Waals surface area contributed by atoms with Crippen molar-refractivity contribution >= 4 is 23.2 Å². The summed E-state index contributed by atoms with van der Waals surface area (Å²) in [6, 6.07) is 5.52. The van der Waals surface area contributed by atoms with Gasteiger partial charge in [0.05, 0.1) is 6.04 Å². The Labute approximate surface area is 118 Å². The smallest absolute Gasteiger partial charge is 0.171 e. The van der Waals surface area contributed by atoms with Gasteiger partial charge in [0.25, 0.3) is 0 Å². The van der Waals surface area contributed by atoms with E-state index in [-0.39, 0.29) is 18.4 Å². The molecule has 2 unspecified atom stereocenters. The van der Waals surface area contributed by atoms with Crippen LogP contribution in [0.5, 0.6) is 0 Å². The molecule has 1 aromatic rings. The Morgan fingerprint density at radius 1 is 1.11 bits per heavy atom. The average molecular weight is 292 g/mol. The first kappa shape index (κ1) is 15.7. The van der Waals surface area contributed by atoms with Gasteiger partial charge in [-0.15, -0.1) is 0 Å². The molecule has 0 fully saturated rings. The van der Waals surface area contributed by atoms with Crippen LogP contribution in [0.4, 0.5) is 0 Å². The van der Waals surface area contributed by atoms with E-state index in [1.54, 1.807) is 26.4 Å². The zero-order valence-electron chi connectivity index (χ0n) is 11.0. The van der Waals surface area contributed by atoms with Crippen LogP contribution in [-0.2, 0) is 9.47 Å². The summed E-state index contributed by atoms with van der Waals surface area (Å²) in [5, 5.41) is 4.74. The highest BCUT2D eigenvalue weighted by atomic mass is 35.5. The van der Waals surface area contributed by atoms with Crippen LogP contribution in [0.1, 0.15) is 25.5 Å². The molecule has 1 rings (SSSR count). The number of halogens is 2. The van der Waals surface area contributed by atoms with E-state index < -0.39 is 0 Å². The standard InChI is InChI=1S/C13H19Cl2NO2/c1-8(16-9(2)13(17-3)18-4)11-7-10(14)5-6-12(11)15/h5-9,13,16H,1-4H3. The van der Waals surface area contributed by atoms with E-state index in [1.807, 2.05) is 19.9 Å². The van der Waals surface area contributed by atoms with E-state index in [0.717, 1.165) is 5.56 Å². The van der Waals surface area contributed by atoms with Gasteiger partial charge in [0.2, 0.25) is 0 Å². The van der Waals surface area contributed by atoms with E-state index in [1.165, 1.54) is 0 Å². The van der Waals surface area contributed by atoms with E-state index in [4.69, 9.17) is 32.7 Å². The number of hydrogen-bond acceptors (Lipinski definition) is 3. The molecule has 0 bridgehead atoms.